The fraction of sp³-hybridized carbons (Fsp3) is 0.571. The van der Waals surface area contributed by atoms with Crippen molar-refractivity contribution in [3.8, 4) is 0 Å². The zero-order valence-corrected chi connectivity index (χ0v) is 18.1. The maximum atomic E-state index is 11.8. The van der Waals surface area contributed by atoms with Gasteiger partial charge >= 0.3 is 0 Å². The fourth-order valence-corrected chi connectivity index (χ4v) is 3.05. The molecule has 2 amide bonds. The van der Waals surface area contributed by atoms with Gasteiger partial charge in [-0.15, -0.1) is 0 Å². The monoisotopic (exact) mass is 427 g/mol. The number of nitrogens with zero attached hydrogens (tertiary/aromatic N) is 1. The molecule has 0 atom stereocenters. The van der Waals surface area contributed by atoms with Crippen LogP contribution in [0.15, 0.2) is 23.3 Å². The molecule has 0 heterocycles. The number of hydrogen-bond acceptors (Lipinski definition) is 3. The van der Waals surface area contributed by atoms with Crippen molar-refractivity contribution in [2.75, 3.05) is 6.54 Å². The van der Waals surface area contributed by atoms with Gasteiger partial charge in [0.1, 0.15) is 0 Å². The second-order valence-corrected chi connectivity index (χ2v) is 7.58. The SMILES string of the molecule is CCCCCCCCCCCC(=O)NCC(=O)N/N=C/c1cccc(Cl)c1Cl. The summed E-state index contributed by atoms with van der Waals surface area (Å²) in [7, 11) is 0. The first-order valence-electron chi connectivity index (χ1n) is 10.1. The molecule has 0 aromatic heterocycles. The summed E-state index contributed by atoms with van der Waals surface area (Å²) in [5.74, 6) is -0.505. The lowest BCUT2D eigenvalue weighted by atomic mass is 10.1. The Balaban J connectivity index is 2.07. The number of benzene rings is 1. The van der Waals surface area contributed by atoms with Gasteiger partial charge in [-0.1, -0.05) is 93.6 Å². The Kier molecular flexibility index (Phi) is 13.4. The van der Waals surface area contributed by atoms with Crippen LogP contribution in [0.4, 0.5) is 0 Å². The summed E-state index contributed by atoms with van der Waals surface area (Å²) in [6, 6.07) is 5.14. The Morgan fingerprint density at radius 1 is 0.964 bits per heavy atom. The number of halogens is 2. The Morgan fingerprint density at radius 2 is 1.61 bits per heavy atom. The molecule has 0 spiro atoms. The molecule has 5 nitrogen and oxygen atoms in total. The van der Waals surface area contributed by atoms with Crippen molar-refractivity contribution in [3.05, 3.63) is 33.8 Å². The van der Waals surface area contributed by atoms with Crippen LogP contribution >= 0.6 is 23.2 Å². The number of amides is 2. The van der Waals surface area contributed by atoms with Gasteiger partial charge in [0.05, 0.1) is 22.8 Å². The normalized spacial score (nSPS) is 11.0. The van der Waals surface area contributed by atoms with Crippen molar-refractivity contribution in [2.24, 2.45) is 5.10 Å². The van der Waals surface area contributed by atoms with Gasteiger partial charge in [-0.05, 0) is 12.5 Å². The van der Waals surface area contributed by atoms with Crippen molar-refractivity contribution in [3.63, 3.8) is 0 Å². The first kappa shape index (κ1) is 24.4. The summed E-state index contributed by atoms with van der Waals surface area (Å²) in [6.45, 7) is 2.12. The zero-order valence-electron chi connectivity index (χ0n) is 16.6. The van der Waals surface area contributed by atoms with Gasteiger partial charge in [0.25, 0.3) is 5.91 Å². The molecule has 0 unspecified atom stereocenters. The van der Waals surface area contributed by atoms with Gasteiger partial charge in [0, 0.05) is 12.0 Å². The second-order valence-electron chi connectivity index (χ2n) is 6.79. The van der Waals surface area contributed by atoms with E-state index in [4.69, 9.17) is 23.2 Å². The van der Waals surface area contributed by atoms with E-state index in [2.05, 4.69) is 22.8 Å². The minimum absolute atomic E-state index is 0.100. The second kappa shape index (κ2) is 15.3. The molecule has 0 aliphatic carbocycles. The smallest absolute Gasteiger partial charge is 0.259 e. The molecular weight excluding hydrogens is 397 g/mol. The van der Waals surface area contributed by atoms with Crippen LogP contribution in [0.3, 0.4) is 0 Å². The van der Waals surface area contributed by atoms with Crippen LogP contribution in [0.1, 0.15) is 76.7 Å². The van der Waals surface area contributed by atoms with E-state index in [9.17, 15) is 9.59 Å². The van der Waals surface area contributed by atoms with Crippen LogP contribution in [0, 0.1) is 0 Å². The van der Waals surface area contributed by atoms with Crippen LogP contribution in [-0.2, 0) is 9.59 Å². The first-order chi connectivity index (χ1) is 13.5. The predicted octanol–water partition coefficient (Wildman–Crippen LogP) is 5.48. The van der Waals surface area contributed by atoms with Gasteiger partial charge in [0.2, 0.25) is 5.91 Å². The molecule has 28 heavy (non-hydrogen) atoms. The zero-order chi connectivity index (χ0) is 20.6. The van der Waals surface area contributed by atoms with E-state index >= 15 is 0 Å². The third-order valence-electron chi connectivity index (χ3n) is 4.33. The highest BCUT2D eigenvalue weighted by molar-refractivity contribution is 6.43. The number of hydrazone groups is 1. The Labute approximate surface area is 178 Å². The molecule has 156 valence electrons. The molecule has 0 radical (unpaired) electrons. The van der Waals surface area contributed by atoms with Crippen LogP contribution in [0.25, 0.3) is 0 Å². The highest BCUT2D eigenvalue weighted by Gasteiger charge is 2.05. The number of unbranched alkanes of at least 4 members (excludes halogenated alkanes) is 8. The van der Waals surface area contributed by atoms with Crippen LogP contribution < -0.4 is 10.7 Å². The van der Waals surface area contributed by atoms with Gasteiger partial charge < -0.3 is 5.32 Å². The molecule has 7 heteroatoms. The standard InChI is InChI=1S/C21H31Cl2N3O2/c1-2-3-4-5-6-7-8-9-10-14-19(27)24-16-20(28)26-25-15-17-12-11-13-18(22)21(17)23/h11-13,15H,2-10,14,16H2,1H3,(H,24,27)(H,26,28)/b25-15+. The molecule has 0 bridgehead atoms. The average molecular weight is 428 g/mol. The lowest BCUT2D eigenvalue weighted by Gasteiger charge is -2.05. The Bertz CT molecular complexity index is 636. The van der Waals surface area contributed by atoms with Gasteiger partial charge in [-0.25, -0.2) is 5.43 Å². The van der Waals surface area contributed by atoms with Crippen LogP contribution in [-0.4, -0.2) is 24.6 Å². The van der Waals surface area contributed by atoms with Crippen LogP contribution in [0.5, 0.6) is 0 Å². The molecule has 1 aromatic rings. The molecular formula is C21H31Cl2N3O2. The predicted molar refractivity (Wildman–Crippen MR) is 117 cm³/mol. The summed E-state index contributed by atoms with van der Waals surface area (Å²) < 4.78 is 0. The molecule has 0 saturated heterocycles. The van der Waals surface area contributed by atoms with E-state index in [-0.39, 0.29) is 12.5 Å². The first-order valence-corrected chi connectivity index (χ1v) is 10.8. The maximum Gasteiger partial charge on any atom is 0.259 e. The quantitative estimate of drug-likeness (QED) is 0.234. The van der Waals surface area contributed by atoms with E-state index in [1.807, 2.05) is 0 Å². The average Bonchev–Trinajstić information content (AvgIpc) is 2.68. The van der Waals surface area contributed by atoms with Crippen LogP contribution in [0.2, 0.25) is 10.0 Å². The number of hydrogen-bond donors (Lipinski definition) is 2. The lowest BCUT2D eigenvalue weighted by molar-refractivity contribution is -0.126. The van der Waals surface area contributed by atoms with Gasteiger partial charge in [0.15, 0.2) is 0 Å². The highest BCUT2D eigenvalue weighted by atomic mass is 35.5. The molecule has 0 saturated carbocycles. The van der Waals surface area contributed by atoms with Crippen molar-refractivity contribution in [2.45, 2.75) is 71.1 Å². The largest absolute Gasteiger partial charge is 0.347 e. The Hall–Kier alpha value is -1.59. The third-order valence-corrected chi connectivity index (χ3v) is 5.16. The summed E-state index contributed by atoms with van der Waals surface area (Å²) >= 11 is 11.9. The van der Waals surface area contributed by atoms with E-state index in [1.165, 1.54) is 51.2 Å². The summed E-state index contributed by atoms with van der Waals surface area (Å²) in [4.78, 5) is 23.5. The van der Waals surface area contributed by atoms with Crippen molar-refractivity contribution < 1.29 is 9.59 Å². The van der Waals surface area contributed by atoms with E-state index in [0.29, 0.717) is 22.0 Å². The van der Waals surface area contributed by atoms with Crippen molar-refractivity contribution in [1.29, 1.82) is 0 Å². The number of carbonyl (C=O) groups excluding carboxylic acids is 2. The van der Waals surface area contributed by atoms with E-state index < -0.39 is 5.91 Å². The fourth-order valence-electron chi connectivity index (χ4n) is 2.70. The third kappa shape index (κ3) is 11.3. The molecule has 0 aliphatic rings. The molecule has 0 fully saturated rings. The summed E-state index contributed by atoms with van der Waals surface area (Å²) in [5.41, 5.74) is 2.95. The molecule has 1 aromatic carbocycles. The Morgan fingerprint density at radius 3 is 2.29 bits per heavy atom. The summed E-state index contributed by atoms with van der Waals surface area (Å²) in [5, 5.41) is 7.22. The number of rotatable bonds is 14. The maximum absolute atomic E-state index is 11.8. The lowest BCUT2D eigenvalue weighted by Crippen LogP contribution is -2.34. The molecule has 0 aliphatic heterocycles. The van der Waals surface area contributed by atoms with E-state index in [1.54, 1.807) is 18.2 Å². The minimum Gasteiger partial charge on any atom is -0.347 e. The van der Waals surface area contributed by atoms with Gasteiger partial charge in [-0.2, -0.15) is 5.10 Å². The molecule has 1 rings (SSSR count). The van der Waals surface area contributed by atoms with Gasteiger partial charge in [-0.3, -0.25) is 9.59 Å². The number of nitrogens with one attached hydrogen (secondary N) is 2. The van der Waals surface area contributed by atoms with E-state index in [0.717, 1.165) is 12.8 Å². The minimum atomic E-state index is -0.394. The van der Waals surface area contributed by atoms with Crippen molar-refractivity contribution >= 4 is 41.2 Å². The highest BCUT2D eigenvalue weighted by Crippen LogP contribution is 2.24. The molecule has 2 N–H and O–H groups in total. The number of carbonyl (C=O) groups is 2. The van der Waals surface area contributed by atoms with Crippen molar-refractivity contribution in [1.82, 2.24) is 10.7 Å². The topological polar surface area (TPSA) is 70.6 Å². The summed E-state index contributed by atoms with van der Waals surface area (Å²) in [6.07, 6.45) is 12.7.